The molecule has 0 bridgehead atoms. The Bertz CT molecular complexity index is 404. The van der Waals surface area contributed by atoms with E-state index in [1.54, 1.807) is 12.0 Å². The van der Waals surface area contributed by atoms with Gasteiger partial charge in [0.05, 0.1) is 18.6 Å². The average molecular weight is 327 g/mol. The third-order valence-electron chi connectivity index (χ3n) is 4.59. The number of ether oxygens (including phenoxy) is 3. The van der Waals surface area contributed by atoms with Crippen LogP contribution in [-0.2, 0) is 19.0 Å². The molecular weight excluding hydrogens is 298 g/mol. The summed E-state index contributed by atoms with van der Waals surface area (Å²) < 4.78 is 16.2. The number of rotatable bonds is 5. The number of carbonyl (C=O) groups is 2. The molecule has 2 rings (SSSR count). The van der Waals surface area contributed by atoms with Crippen molar-refractivity contribution in [3.8, 4) is 0 Å². The first-order chi connectivity index (χ1) is 11.0. The Kier molecular flexibility index (Phi) is 6.69. The SMILES string of the molecule is CO[C@@H]1CCC[C@@H]1OC(=O)C1CCN(C(=O)OCC(C)C)CC1. The van der Waals surface area contributed by atoms with E-state index in [1.165, 1.54) is 0 Å². The van der Waals surface area contributed by atoms with Gasteiger partial charge >= 0.3 is 12.1 Å². The second kappa shape index (κ2) is 8.52. The van der Waals surface area contributed by atoms with Crippen molar-refractivity contribution in [1.29, 1.82) is 0 Å². The van der Waals surface area contributed by atoms with E-state index < -0.39 is 0 Å². The monoisotopic (exact) mass is 327 g/mol. The van der Waals surface area contributed by atoms with E-state index in [0.717, 1.165) is 19.3 Å². The molecule has 0 aromatic carbocycles. The maximum absolute atomic E-state index is 12.3. The molecule has 0 N–H and O–H groups in total. The Morgan fingerprint density at radius 1 is 1.09 bits per heavy atom. The Hall–Kier alpha value is -1.30. The van der Waals surface area contributed by atoms with Crippen LogP contribution in [0.4, 0.5) is 4.79 Å². The van der Waals surface area contributed by atoms with Crippen molar-refractivity contribution in [2.45, 2.75) is 58.2 Å². The lowest BCUT2D eigenvalue weighted by Gasteiger charge is -2.31. The second-order valence-corrected chi connectivity index (χ2v) is 6.91. The van der Waals surface area contributed by atoms with Crippen LogP contribution in [0.5, 0.6) is 0 Å². The lowest BCUT2D eigenvalue weighted by Crippen LogP contribution is -2.42. The molecule has 0 radical (unpaired) electrons. The molecule has 1 saturated carbocycles. The minimum absolute atomic E-state index is 0.0325. The molecule has 0 aromatic rings. The fourth-order valence-electron chi connectivity index (χ4n) is 3.17. The molecule has 0 aromatic heterocycles. The van der Waals surface area contributed by atoms with E-state index in [4.69, 9.17) is 14.2 Å². The lowest BCUT2D eigenvalue weighted by atomic mass is 9.97. The number of hydrogen-bond acceptors (Lipinski definition) is 5. The number of likely N-dealkylation sites (tertiary alicyclic amines) is 1. The number of piperidine rings is 1. The van der Waals surface area contributed by atoms with Gasteiger partial charge in [-0.3, -0.25) is 4.79 Å². The average Bonchev–Trinajstić information content (AvgIpc) is 2.99. The van der Waals surface area contributed by atoms with Crippen LogP contribution < -0.4 is 0 Å². The van der Waals surface area contributed by atoms with Gasteiger partial charge in [0.2, 0.25) is 0 Å². The van der Waals surface area contributed by atoms with E-state index in [-0.39, 0.29) is 30.2 Å². The van der Waals surface area contributed by atoms with Gasteiger partial charge in [-0.2, -0.15) is 0 Å². The molecule has 23 heavy (non-hydrogen) atoms. The van der Waals surface area contributed by atoms with Crippen LogP contribution in [0.2, 0.25) is 0 Å². The zero-order valence-electron chi connectivity index (χ0n) is 14.5. The van der Waals surface area contributed by atoms with Crippen LogP contribution in [0.3, 0.4) is 0 Å². The third-order valence-corrected chi connectivity index (χ3v) is 4.59. The van der Waals surface area contributed by atoms with Gasteiger partial charge in [0, 0.05) is 20.2 Å². The summed E-state index contributed by atoms with van der Waals surface area (Å²) in [5, 5.41) is 0. The predicted octanol–water partition coefficient (Wildman–Crippen LogP) is 2.60. The number of carbonyl (C=O) groups excluding carboxylic acids is 2. The standard InChI is InChI=1S/C17H29NO5/c1-12(2)11-22-17(20)18-9-7-13(8-10-18)16(19)23-15-6-4-5-14(15)21-3/h12-15H,4-11H2,1-3H3/t14-,15+/m1/s1. The van der Waals surface area contributed by atoms with Gasteiger partial charge in [-0.05, 0) is 38.0 Å². The van der Waals surface area contributed by atoms with Crippen molar-refractivity contribution < 1.29 is 23.8 Å². The molecule has 2 fully saturated rings. The summed E-state index contributed by atoms with van der Waals surface area (Å²) in [7, 11) is 1.66. The molecule has 2 aliphatic rings. The Morgan fingerprint density at radius 3 is 2.35 bits per heavy atom. The van der Waals surface area contributed by atoms with Crippen molar-refractivity contribution in [1.82, 2.24) is 4.90 Å². The molecule has 6 nitrogen and oxygen atoms in total. The highest BCUT2D eigenvalue weighted by Gasteiger charge is 2.34. The van der Waals surface area contributed by atoms with Crippen molar-refractivity contribution in [3.05, 3.63) is 0 Å². The summed E-state index contributed by atoms with van der Waals surface area (Å²) >= 11 is 0. The van der Waals surface area contributed by atoms with Crippen LogP contribution in [0, 0.1) is 11.8 Å². The summed E-state index contributed by atoms with van der Waals surface area (Å²) in [5.41, 5.74) is 0. The van der Waals surface area contributed by atoms with Crippen LogP contribution in [0.15, 0.2) is 0 Å². The van der Waals surface area contributed by atoms with Crippen molar-refractivity contribution >= 4 is 12.1 Å². The fraction of sp³-hybridized carbons (Fsp3) is 0.882. The molecule has 0 spiro atoms. The molecule has 0 unspecified atom stereocenters. The molecule has 132 valence electrons. The Labute approximate surface area is 138 Å². The topological polar surface area (TPSA) is 65.1 Å². The van der Waals surface area contributed by atoms with Gasteiger partial charge in [-0.15, -0.1) is 0 Å². The Balaban J connectivity index is 1.73. The van der Waals surface area contributed by atoms with E-state index in [9.17, 15) is 9.59 Å². The number of methoxy groups -OCH3 is 1. The molecule has 1 amide bonds. The van der Waals surface area contributed by atoms with Gasteiger partial charge in [0.25, 0.3) is 0 Å². The minimum atomic E-state index is -0.277. The lowest BCUT2D eigenvalue weighted by molar-refractivity contribution is -0.160. The van der Waals surface area contributed by atoms with Crippen LogP contribution in [0.25, 0.3) is 0 Å². The predicted molar refractivity (Wildman–Crippen MR) is 85.0 cm³/mol. The third kappa shape index (κ3) is 5.09. The summed E-state index contributed by atoms with van der Waals surface area (Å²) in [6.07, 6.45) is 3.79. The largest absolute Gasteiger partial charge is 0.459 e. The summed E-state index contributed by atoms with van der Waals surface area (Å²) in [6.45, 7) is 5.54. The van der Waals surface area contributed by atoms with Gasteiger partial charge in [-0.25, -0.2) is 4.79 Å². The highest BCUT2D eigenvalue weighted by atomic mass is 16.6. The van der Waals surface area contributed by atoms with E-state index in [2.05, 4.69) is 0 Å². The number of esters is 1. The maximum atomic E-state index is 12.3. The minimum Gasteiger partial charge on any atom is -0.459 e. The zero-order valence-corrected chi connectivity index (χ0v) is 14.5. The first kappa shape index (κ1) is 18.0. The maximum Gasteiger partial charge on any atom is 0.409 e. The van der Waals surface area contributed by atoms with E-state index in [0.29, 0.717) is 38.5 Å². The van der Waals surface area contributed by atoms with E-state index in [1.807, 2.05) is 13.8 Å². The highest BCUT2D eigenvalue weighted by Crippen LogP contribution is 2.27. The van der Waals surface area contributed by atoms with Gasteiger partial charge in [-0.1, -0.05) is 13.8 Å². The number of amides is 1. The first-order valence-electron chi connectivity index (χ1n) is 8.66. The van der Waals surface area contributed by atoms with Gasteiger partial charge < -0.3 is 19.1 Å². The number of hydrogen-bond donors (Lipinski definition) is 0. The van der Waals surface area contributed by atoms with Crippen LogP contribution in [-0.4, -0.2) is 56.0 Å². The first-order valence-corrected chi connectivity index (χ1v) is 8.66. The molecular formula is C17H29NO5. The van der Waals surface area contributed by atoms with Gasteiger partial charge in [0.15, 0.2) is 0 Å². The van der Waals surface area contributed by atoms with E-state index >= 15 is 0 Å². The molecule has 1 saturated heterocycles. The van der Waals surface area contributed by atoms with Crippen molar-refractivity contribution in [2.24, 2.45) is 11.8 Å². The summed E-state index contributed by atoms with van der Waals surface area (Å²) in [5.74, 6) is 0.0583. The number of nitrogens with zero attached hydrogens (tertiary/aromatic N) is 1. The molecule has 1 heterocycles. The quantitative estimate of drug-likeness (QED) is 0.726. The van der Waals surface area contributed by atoms with Gasteiger partial charge in [0.1, 0.15) is 6.10 Å². The van der Waals surface area contributed by atoms with Crippen molar-refractivity contribution in [2.75, 3.05) is 26.8 Å². The van der Waals surface area contributed by atoms with Crippen molar-refractivity contribution in [3.63, 3.8) is 0 Å². The zero-order chi connectivity index (χ0) is 16.8. The molecule has 1 aliphatic heterocycles. The summed E-state index contributed by atoms with van der Waals surface area (Å²) in [6, 6.07) is 0. The second-order valence-electron chi connectivity index (χ2n) is 6.91. The fourth-order valence-corrected chi connectivity index (χ4v) is 3.17. The normalized spacial score (nSPS) is 25.7. The Morgan fingerprint density at radius 2 is 1.74 bits per heavy atom. The summed E-state index contributed by atoms with van der Waals surface area (Å²) in [4.78, 5) is 25.9. The van der Waals surface area contributed by atoms with Crippen LogP contribution >= 0.6 is 0 Å². The molecule has 6 heteroatoms. The highest BCUT2D eigenvalue weighted by molar-refractivity contribution is 5.73. The molecule has 2 atom stereocenters. The smallest absolute Gasteiger partial charge is 0.409 e. The van der Waals surface area contributed by atoms with Crippen LogP contribution in [0.1, 0.15) is 46.0 Å². The molecule has 1 aliphatic carbocycles.